The van der Waals surface area contributed by atoms with Crippen LogP contribution in [0.4, 0.5) is 9.59 Å². The molecule has 0 unspecified atom stereocenters. The van der Waals surface area contributed by atoms with Crippen LogP contribution in [0.1, 0.15) is 77.7 Å². The minimum atomic E-state index is -0.695. The molecule has 0 aliphatic heterocycles. The molecule has 186 valence electrons. The van der Waals surface area contributed by atoms with Crippen LogP contribution in [0.3, 0.4) is 0 Å². The summed E-state index contributed by atoms with van der Waals surface area (Å²) in [6.45, 7) is 10.8. The first-order valence-corrected chi connectivity index (χ1v) is 12.2. The Balaban J connectivity index is 1.68. The van der Waals surface area contributed by atoms with Gasteiger partial charge in [-0.2, -0.15) is 9.78 Å². The lowest BCUT2D eigenvalue weighted by Crippen LogP contribution is -2.45. The van der Waals surface area contributed by atoms with E-state index in [1.165, 1.54) is 0 Å². The molecule has 1 aliphatic rings. The molecular formula is C24H33BrN4O5. The molecule has 10 heteroatoms. The first kappa shape index (κ1) is 26.0. The van der Waals surface area contributed by atoms with Gasteiger partial charge in [0.2, 0.25) is 0 Å². The Bertz CT molecular complexity index is 1080. The summed E-state index contributed by atoms with van der Waals surface area (Å²) >= 11 is 3.42. The number of hydrogen-bond acceptors (Lipinski definition) is 6. The highest BCUT2D eigenvalue weighted by Crippen LogP contribution is 2.25. The second-order valence-corrected chi connectivity index (χ2v) is 11.5. The molecule has 2 N–H and O–H groups in total. The zero-order chi connectivity index (χ0) is 25.3. The van der Waals surface area contributed by atoms with Crippen LogP contribution in [0.5, 0.6) is 0 Å². The number of halogens is 1. The zero-order valence-corrected chi connectivity index (χ0v) is 22.1. The lowest BCUT2D eigenvalue weighted by Gasteiger charge is -2.30. The fourth-order valence-corrected chi connectivity index (χ4v) is 4.17. The number of ether oxygens (including phenoxy) is 2. The zero-order valence-electron chi connectivity index (χ0n) is 20.5. The first-order chi connectivity index (χ1) is 15.7. The summed E-state index contributed by atoms with van der Waals surface area (Å²) in [5, 5.41) is 10.8. The number of aromatic nitrogens is 2. The minimum absolute atomic E-state index is 0.00571. The van der Waals surface area contributed by atoms with Gasteiger partial charge in [0.15, 0.2) is 5.69 Å². The monoisotopic (exact) mass is 536 g/mol. The van der Waals surface area contributed by atoms with Gasteiger partial charge in [-0.15, -0.1) is 0 Å². The van der Waals surface area contributed by atoms with Crippen LogP contribution in [0.15, 0.2) is 22.7 Å². The van der Waals surface area contributed by atoms with E-state index in [9.17, 15) is 14.4 Å². The molecule has 0 radical (unpaired) electrons. The van der Waals surface area contributed by atoms with E-state index in [0.717, 1.165) is 22.0 Å². The van der Waals surface area contributed by atoms with Gasteiger partial charge in [-0.05, 0) is 85.4 Å². The summed E-state index contributed by atoms with van der Waals surface area (Å²) in [5.74, 6) is -0.353. The number of carbonyl (C=O) groups is 3. The fraction of sp³-hybridized carbons (Fsp3) is 0.583. The molecule has 0 bridgehead atoms. The molecule has 1 fully saturated rings. The number of rotatable bonds is 3. The molecule has 0 saturated heterocycles. The summed E-state index contributed by atoms with van der Waals surface area (Å²) in [5.41, 5.74) is -0.585. The maximum atomic E-state index is 13.1. The molecule has 2 aromatic rings. The van der Waals surface area contributed by atoms with Gasteiger partial charge in [0, 0.05) is 21.9 Å². The van der Waals surface area contributed by atoms with Crippen molar-refractivity contribution in [2.75, 3.05) is 0 Å². The van der Waals surface area contributed by atoms with Crippen molar-refractivity contribution < 1.29 is 23.9 Å². The number of benzene rings is 1. The van der Waals surface area contributed by atoms with Crippen molar-refractivity contribution in [2.45, 2.75) is 90.5 Å². The van der Waals surface area contributed by atoms with Gasteiger partial charge < -0.3 is 20.1 Å². The molecule has 3 rings (SSSR count). The standard InChI is InChI=1S/C24H33BrN4O5/c1-23(2,3)33-21(31)27-16-10-8-15(9-11-16)26-20(30)19-17-13-14(25)7-12-18(17)29(28-19)22(32)34-24(4,5)6/h7,12-13,15-16H,8-11H2,1-6H3,(H,26,30)(H,27,31)/t15-,16+. The van der Waals surface area contributed by atoms with Crippen LogP contribution in [-0.2, 0) is 9.47 Å². The van der Waals surface area contributed by atoms with Gasteiger partial charge in [0.25, 0.3) is 5.91 Å². The van der Waals surface area contributed by atoms with E-state index in [-0.39, 0.29) is 23.7 Å². The van der Waals surface area contributed by atoms with E-state index in [0.29, 0.717) is 23.7 Å². The molecule has 1 saturated carbocycles. The number of alkyl carbamates (subject to hydrolysis) is 1. The normalized spacial score (nSPS) is 18.9. The van der Waals surface area contributed by atoms with Crippen LogP contribution in [0.2, 0.25) is 0 Å². The third kappa shape index (κ3) is 6.94. The van der Waals surface area contributed by atoms with Gasteiger partial charge in [-0.3, -0.25) is 4.79 Å². The molecule has 0 spiro atoms. The van der Waals surface area contributed by atoms with E-state index in [2.05, 4.69) is 31.7 Å². The number of amides is 2. The van der Waals surface area contributed by atoms with E-state index in [4.69, 9.17) is 9.47 Å². The van der Waals surface area contributed by atoms with Crippen molar-refractivity contribution in [3.8, 4) is 0 Å². The number of nitrogens with zero attached hydrogens (tertiary/aromatic N) is 2. The Kier molecular flexibility index (Phi) is 7.59. The molecule has 0 atom stereocenters. The average Bonchev–Trinajstić information content (AvgIpc) is 3.05. The summed E-state index contributed by atoms with van der Waals surface area (Å²) in [6, 6.07) is 5.22. The van der Waals surface area contributed by atoms with Crippen molar-refractivity contribution in [1.82, 2.24) is 20.4 Å². The highest BCUT2D eigenvalue weighted by Gasteiger charge is 2.28. The Hall–Kier alpha value is -2.62. The van der Waals surface area contributed by atoms with Crippen LogP contribution < -0.4 is 10.6 Å². The van der Waals surface area contributed by atoms with E-state index in [1.807, 2.05) is 20.8 Å². The van der Waals surface area contributed by atoms with Crippen molar-refractivity contribution in [1.29, 1.82) is 0 Å². The van der Waals surface area contributed by atoms with E-state index in [1.54, 1.807) is 39.0 Å². The number of nitrogens with one attached hydrogen (secondary N) is 2. The summed E-state index contributed by atoms with van der Waals surface area (Å²) in [4.78, 5) is 37.8. The van der Waals surface area contributed by atoms with Crippen molar-refractivity contribution >= 4 is 44.9 Å². The Labute approximate surface area is 208 Å². The van der Waals surface area contributed by atoms with Crippen LogP contribution in [0.25, 0.3) is 10.9 Å². The van der Waals surface area contributed by atoms with Gasteiger partial charge in [0.1, 0.15) is 11.2 Å². The van der Waals surface area contributed by atoms with Crippen molar-refractivity contribution in [3.63, 3.8) is 0 Å². The highest BCUT2D eigenvalue weighted by atomic mass is 79.9. The Morgan fingerprint density at radius 3 is 2.06 bits per heavy atom. The number of fused-ring (bicyclic) bond motifs is 1. The predicted octanol–water partition coefficient (Wildman–Crippen LogP) is 5.15. The van der Waals surface area contributed by atoms with E-state index >= 15 is 0 Å². The summed E-state index contributed by atoms with van der Waals surface area (Å²) in [7, 11) is 0. The molecule has 1 aromatic carbocycles. The van der Waals surface area contributed by atoms with Crippen molar-refractivity contribution in [2.24, 2.45) is 0 Å². The molecule has 34 heavy (non-hydrogen) atoms. The molecule has 1 aromatic heterocycles. The third-order valence-corrected chi connectivity index (χ3v) is 5.70. The molecule has 1 heterocycles. The molecule has 9 nitrogen and oxygen atoms in total. The van der Waals surface area contributed by atoms with E-state index < -0.39 is 23.4 Å². The maximum absolute atomic E-state index is 13.1. The lowest BCUT2D eigenvalue weighted by atomic mass is 9.91. The topological polar surface area (TPSA) is 112 Å². The second-order valence-electron chi connectivity index (χ2n) is 10.6. The smallest absolute Gasteiger partial charge is 0.435 e. The number of hydrogen-bond donors (Lipinski definition) is 2. The molecule has 2 amide bonds. The minimum Gasteiger partial charge on any atom is -0.444 e. The highest BCUT2D eigenvalue weighted by molar-refractivity contribution is 9.10. The maximum Gasteiger partial charge on any atom is 0.435 e. The van der Waals surface area contributed by atoms with Gasteiger partial charge in [0.05, 0.1) is 5.52 Å². The summed E-state index contributed by atoms with van der Waals surface area (Å²) in [6.07, 6.45) is 1.80. The average molecular weight is 537 g/mol. The number of carbonyl (C=O) groups excluding carboxylic acids is 3. The SMILES string of the molecule is CC(C)(C)OC(=O)N[C@H]1CC[C@@H](NC(=O)c2nn(C(=O)OC(C)(C)C)c3ccc(Br)cc23)CC1. The quantitative estimate of drug-likeness (QED) is 0.561. The van der Waals surface area contributed by atoms with Crippen LogP contribution in [-0.4, -0.2) is 51.2 Å². The predicted molar refractivity (Wildman–Crippen MR) is 132 cm³/mol. The van der Waals surface area contributed by atoms with Crippen LogP contribution in [0, 0.1) is 0 Å². The lowest BCUT2D eigenvalue weighted by molar-refractivity contribution is 0.0483. The molecule has 1 aliphatic carbocycles. The van der Waals surface area contributed by atoms with Gasteiger partial charge in [-0.1, -0.05) is 15.9 Å². The molecular weight excluding hydrogens is 504 g/mol. The van der Waals surface area contributed by atoms with Gasteiger partial charge in [-0.25, -0.2) is 9.59 Å². The Morgan fingerprint density at radius 1 is 0.941 bits per heavy atom. The third-order valence-electron chi connectivity index (χ3n) is 5.21. The van der Waals surface area contributed by atoms with Crippen molar-refractivity contribution in [3.05, 3.63) is 28.4 Å². The second kappa shape index (κ2) is 9.93. The largest absolute Gasteiger partial charge is 0.444 e. The Morgan fingerprint density at radius 2 is 1.50 bits per heavy atom. The van der Waals surface area contributed by atoms with Gasteiger partial charge >= 0.3 is 12.2 Å². The van der Waals surface area contributed by atoms with Crippen LogP contribution >= 0.6 is 15.9 Å². The summed E-state index contributed by atoms with van der Waals surface area (Å²) < 4.78 is 12.7. The first-order valence-electron chi connectivity index (χ1n) is 11.4. The fourth-order valence-electron chi connectivity index (χ4n) is 3.81.